The lowest BCUT2D eigenvalue weighted by molar-refractivity contribution is 0.134. The molecule has 0 aliphatic carbocycles. The van der Waals surface area contributed by atoms with Crippen molar-refractivity contribution < 1.29 is 9.47 Å². The predicted molar refractivity (Wildman–Crippen MR) is 37.0 cm³/mol. The van der Waals surface area contributed by atoms with Crippen LogP contribution in [-0.2, 0) is 9.47 Å². The van der Waals surface area contributed by atoms with Crippen molar-refractivity contribution in [2.75, 3.05) is 19.8 Å². The van der Waals surface area contributed by atoms with E-state index in [1.807, 2.05) is 6.92 Å². The molecule has 0 bridgehead atoms. The second-order valence-corrected chi connectivity index (χ2v) is 1.81. The highest BCUT2D eigenvalue weighted by Crippen LogP contribution is 1.89. The number of hydrogen-bond acceptors (Lipinski definition) is 2. The summed E-state index contributed by atoms with van der Waals surface area (Å²) in [5.41, 5.74) is 0. The Kier molecular flexibility index (Phi) is 7.85. The third-order valence-electron chi connectivity index (χ3n) is 1.03. The smallest absolute Gasteiger partial charge is 0.0700 e. The van der Waals surface area contributed by atoms with Crippen molar-refractivity contribution in [1.29, 1.82) is 0 Å². The molecule has 9 heavy (non-hydrogen) atoms. The molecule has 2 heteroatoms. The van der Waals surface area contributed by atoms with Gasteiger partial charge in [0.1, 0.15) is 0 Å². The van der Waals surface area contributed by atoms with Crippen LogP contribution < -0.4 is 0 Å². The molecule has 55 valence electrons. The fourth-order valence-corrected chi connectivity index (χ4v) is 0.553. The molecule has 0 aliphatic rings. The van der Waals surface area contributed by atoms with E-state index in [-0.39, 0.29) is 0 Å². The number of ether oxygens (including phenoxy) is 2. The van der Waals surface area contributed by atoms with Crippen molar-refractivity contribution in [3.63, 3.8) is 0 Å². The van der Waals surface area contributed by atoms with E-state index in [2.05, 4.69) is 11.8 Å². The van der Waals surface area contributed by atoms with Gasteiger partial charge in [-0.05, 0) is 19.8 Å². The summed E-state index contributed by atoms with van der Waals surface area (Å²) in [6, 6.07) is 0. The summed E-state index contributed by atoms with van der Waals surface area (Å²) >= 11 is 0. The molecule has 0 aromatic rings. The van der Waals surface area contributed by atoms with E-state index >= 15 is 0 Å². The van der Waals surface area contributed by atoms with Crippen LogP contribution in [0.2, 0.25) is 0 Å². The molecular weight excluding hydrogens is 116 g/mol. The molecule has 0 fully saturated rings. The molecule has 0 spiro atoms. The number of rotatable bonds is 6. The van der Waals surface area contributed by atoms with Crippen LogP contribution in [0.4, 0.5) is 0 Å². The van der Waals surface area contributed by atoms with E-state index in [0.29, 0.717) is 0 Å². The quantitative estimate of drug-likeness (QED) is 0.510. The first kappa shape index (κ1) is 8.92. The molecule has 2 nitrogen and oxygen atoms in total. The van der Waals surface area contributed by atoms with E-state index in [1.54, 1.807) is 0 Å². The van der Waals surface area contributed by atoms with Crippen LogP contribution in [0.3, 0.4) is 0 Å². The lowest BCUT2D eigenvalue weighted by Crippen LogP contribution is -1.95. The van der Waals surface area contributed by atoms with Gasteiger partial charge in [-0.3, -0.25) is 0 Å². The maximum Gasteiger partial charge on any atom is 0.0700 e. The zero-order chi connectivity index (χ0) is 6.95. The second kappa shape index (κ2) is 7.92. The predicted octanol–water partition coefficient (Wildman–Crippen LogP) is 1.61. The molecule has 0 heterocycles. The first-order chi connectivity index (χ1) is 4.41. The van der Waals surface area contributed by atoms with Gasteiger partial charge in [0.15, 0.2) is 0 Å². The van der Waals surface area contributed by atoms with Crippen LogP contribution in [0.25, 0.3) is 0 Å². The highest BCUT2D eigenvalue weighted by molar-refractivity contribution is 4.36. The minimum Gasteiger partial charge on any atom is -0.382 e. The Balaban J connectivity index is 2.60. The first-order valence-electron chi connectivity index (χ1n) is 3.36. The summed E-state index contributed by atoms with van der Waals surface area (Å²) in [6.45, 7) is 4.40. The van der Waals surface area contributed by atoms with Gasteiger partial charge in [-0.1, -0.05) is 0 Å². The third-order valence-corrected chi connectivity index (χ3v) is 1.03. The SMILES string of the molecule is [CH2]OCCCCOCC. The second-order valence-electron chi connectivity index (χ2n) is 1.81. The van der Waals surface area contributed by atoms with Gasteiger partial charge >= 0.3 is 0 Å². The Labute approximate surface area is 57.2 Å². The molecule has 0 N–H and O–H groups in total. The van der Waals surface area contributed by atoms with E-state index in [0.717, 1.165) is 32.7 Å². The van der Waals surface area contributed by atoms with Crippen LogP contribution >= 0.6 is 0 Å². The molecule has 0 unspecified atom stereocenters. The van der Waals surface area contributed by atoms with Gasteiger partial charge in [0.2, 0.25) is 0 Å². The standard InChI is InChI=1S/C7H15O2/c1-3-9-7-5-4-6-8-2/h2-7H2,1H3. The molecule has 0 saturated heterocycles. The summed E-state index contributed by atoms with van der Waals surface area (Å²) in [4.78, 5) is 0. The first-order valence-corrected chi connectivity index (χ1v) is 3.36. The van der Waals surface area contributed by atoms with E-state index in [4.69, 9.17) is 4.74 Å². The van der Waals surface area contributed by atoms with Crippen LogP contribution in [0.15, 0.2) is 0 Å². The minimum atomic E-state index is 0.743. The van der Waals surface area contributed by atoms with Crippen LogP contribution in [0.5, 0.6) is 0 Å². The molecule has 0 amide bonds. The summed E-state index contributed by atoms with van der Waals surface area (Å²) in [7, 11) is 3.26. The fourth-order valence-electron chi connectivity index (χ4n) is 0.553. The average Bonchev–Trinajstić information content (AvgIpc) is 1.89. The Hall–Kier alpha value is -0.0800. The Morgan fingerprint density at radius 3 is 2.44 bits per heavy atom. The lowest BCUT2D eigenvalue weighted by Gasteiger charge is -1.98. The van der Waals surface area contributed by atoms with Crippen molar-refractivity contribution in [2.24, 2.45) is 0 Å². The van der Waals surface area contributed by atoms with Gasteiger partial charge in [0.05, 0.1) is 7.11 Å². The fraction of sp³-hybridized carbons (Fsp3) is 0.857. The Bertz CT molecular complexity index is 40.2. The van der Waals surface area contributed by atoms with Gasteiger partial charge in [0, 0.05) is 19.8 Å². The highest BCUT2D eigenvalue weighted by Gasteiger charge is 1.85. The average molecular weight is 131 g/mol. The molecule has 0 rings (SSSR count). The topological polar surface area (TPSA) is 18.5 Å². The maximum atomic E-state index is 5.10. The Morgan fingerprint density at radius 1 is 1.22 bits per heavy atom. The van der Waals surface area contributed by atoms with Crippen molar-refractivity contribution in [3.8, 4) is 0 Å². The summed E-state index contributed by atoms with van der Waals surface area (Å²) in [6.07, 6.45) is 2.12. The minimum absolute atomic E-state index is 0.743. The van der Waals surface area contributed by atoms with E-state index < -0.39 is 0 Å². The van der Waals surface area contributed by atoms with Gasteiger partial charge in [0.25, 0.3) is 0 Å². The summed E-state index contributed by atoms with van der Waals surface area (Å²) in [5.74, 6) is 0. The molecule has 1 radical (unpaired) electrons. The largest absolute Gasteiger partial charge is 0.382 e. The van der Waals surface area contributed by atoms with Crippen molar-refractivity contribution in [3.05, 3.63) is 7.11 Å². The third kappa shape index (κ3) is 7.92. The van der Waals surface area contributed by atoms with Crippen molar-refractivity contribution in [1.82, 2.24) is 0 Å². The number of hydrogen-bond donors (Lipinski definition) is 0. The van der Waals surface area contributed by atoms with E-state index in [1.165, 1.54) is 0 Å². The van der Waals surface area contributed by atoms with Gasteiger partial charge in [-0.2, -0.15) is 0 Å². The molecule has 0 aromatic heterocycles. The molecular formula is C7H15O2. The van der Waals surface area contributed by atoms with E-state index in [9.17, 15) is 0 Å². The summed E-state index contributed by atoms with van der Waals surface area (Å²) in [5, 5.41) is 0. The normalized spacial score (nSPS) is 10.0. The van der Waals surface area contributed by atoms with Crippen molar-refractivity contribution >= 4 is 0 Å². The van der Waals surface area contributed by atoms with Gasteiger partial charge in [-0.25, -0.2) is 0 Å². The maximum absolute atomic E-state index is 5.10. The van der Waals surface area contributed by atoms with Gasteiger partial charge < -0.3 is 9.47 Å². The molecule has 0 aliphatic heterocycles. The van der Waals surface area contributed by atoms with Crippen LogP contribution in [0, 0.1) is 7.11 Å². The van der Waals surface area contributed by atoms with Crippen LogP contribution in [0.1, 0.15) is 19.8 Å². The zero-order valence-electron chi connectivity index (χ0n) is 6.06. The summed E-state index contributed by atoms with van der Waals surface area (Å²) < 4.78 is 9.72. The molecule has 0 aromatic carbocycles. The van der Waals surface area contributed by atoms with Gasteiger partial charge in [-0.15, -0.1) is 0 Å². The monoisotopic (exact) mass is 131 g/mol. The van der Waals surface area contributed by atoms with Crippen molar-refractivity contribution in [2.45, 2.75) is 19.8 Å². The number of unbranched alkanes of at least 4 members (excludes halogenated alkanes) is 1. The zero-order valence-corrected chi connectivity index (χ0v) is 6.06. The van der Waals surface area contributed by atoms with Crippen LogP contribution in [-0.4, -0.2) is 19.8 Å². The molecule has 0 saturated carbocycles. The lowest BCUT2D eigenvalue weighted by atomic mass is 10.3. The Morgan fingerprint density at radius 2 is 1.89 bits per heavy atom. The highest BCUT2D eigenvalue weighted by atomic mass is 16.5. The molecule has 0 atom stereocenters.